The van der Waals surface area contributed by atoms with Gasteiger partial charge in [-0.2, -0.15) is 0 Å². The molecule has 3 heteroatoms. The summed E-state index contributed by atoms with van der Waals surface area (Å²) in [4.78, 5) is 0. The zero-order chi connectivity index (χ0) is 14.5. The van der Waals surface area contributed by atoms with Gasteiger partial charge >= 0.3 is 0 Å². The van der Waals surface area contributed by atoms with Gasteiger partial charge < -0.3 is 5.32 Å². The Labute approximate surface area is 121 Å². The highest BCUT2D eigenvalue weighted by Gasteiger charge is 2.25. The van der Waals surface area contributed by atoms with Gasteiger partial charge in [0.1, 0.15) is 5.82 Å². The number of hydrogen-bond acceptors (Lipinski definition) is 1. The number of rotatable bonds is 7. The molecule has 0 amide bonds. The molecule has 0 heterocycles. The van der Waals surface area contributed by atoms with Crippen LogP contribution in [0.15, 0.2) is 18.2 Å². The van der Waals surface area contributed by atoms with Gasteiger partial charge in [0, 0.05) is 17.1 Å². The first-order chi connectivity index (χ1) is 8.88. The van der Waals surface area contributed by atoms with Crippen molar-refractivity contribution in [2.24, 2.45) is 11.3 Å². The van der Waals surface area contributed by atoms with Gasteiger partial charge in [-0.15, -0.1) is 0 Å². The van der Waals surface area contributed by atoms with E-state index in [4.69, 9.17) is 11.6 Å². The van der Waals surface area contributed by atoms with E-state index < -0.39 is 0 Å². The van der Waals surface area contributed by atoms with E-state index in [0.29, 0.717) is 22.9 Å². The standard InChI is InChI=1S/C16H25ClFN/c1-5-16(4,11-19-10-12(2)3)9-13-14(17)7-6-8-15(13)18/h6-8,12,19H,5,9-11H2,1-4H3. The molecule has 0 fully saturated rings. The summed E-state index contributed by atoms with van der Waals surface area (Å²) in [5.41, 5.74) is 0.667. The molecular formula is C16H25ClFN. The number of halogens is 2. The monoisotopic (exact) mass is 285 g/mol. The Morgan fingerprint density at radius 2 is 2.05 bits per heavy atom. The summed E-state index contributed by atoms with van der Waals surface area (Å²) in [6.45, 7) is 10.6. The Balaban J connectivity index is 2.74. The third kappa shape index (κ3) is 5.12. The largest absolute Gasteiger partial charge is 0.316 e. The molecule has 1 aromatic rings. The zero-order valence-electron chi connectivity index (χ0n) is 12.4. The molecular weight excluding hydrogens is 261 g/mol. The lowest BCUT2D eigenvalue weighted by molar-refractivity contribution is 0.282. The van der Waals surface area contributed by atoms with Crippen LogP contribution in [-0.2, 0) is 6.42 Å². The Morgan fingerprint density at radius 1 is 1.37 bits per heavy atom. The minimum Gasteiger partial charge on any atom is -0.316 e. The van der Waals surface area contributed by atoms with Crippen molar-refractivity contribution in [3.05, 3.63) is 34.6 Å². The van der Waals surface area contributed by atoms with Gasteiger partial charge in [-0.3, -0.25) is 0 Å². The van der Waals surface area contributed by atoms with Crippen LogP contribution in [-0.4, -0.2) is 13.1 Å². The third-order valence-corrected chi connectivity index (χ3v) is 3.98. The maximum absolute atomic E-state index is 13.9. The van der Waals surface area contributed by atoms with E-state index in [2.05, 4.69) is 33.0 Å². The summed E-state index contributed by atoms with van der Waals surface area (Å²) in [6.07, 6.45) is 1.66. The summed E-state index contributed by atoms with van der Waals surface area (Å²) >= 11 is 6.12. The SMILES string of the molecule is CCC(C)(CNCC(C)C)Cc1c(F)cccc1Cl. The lowest BCUT2D eigenvalue weighted by Gasteiger charge is -2.30. The van der Waals surface area contributed by atoms with E-state index >= 15 is 0 Å². The molecule has 0 spiro atoms. The van der Waals surface area contributed by atoms with Crippen molar-refractivity contribution < 1.29 is 4.39 Å². The molecule has 1 unspecified atom stereocenters. The van der Waals surface area contributed by atoms with Crippen LogP contribution < -0.4 is 5.32 Å². The molecule has 1 rings (SSSR count). The molecule has 19 heavy (non-hydrogen) atoms. The van der Waals surface area contributed by atoms with Crippen LogP contribution >= 0.6 is 11.6 Å². The predicted molar refractivity (Wildman–Crippen MR) is 81.2 cm³/mol. The second kappa shape index (κ2) is 7.25. The summed E-state index contributed by atoms with van der Waals surface area (Å²) in [7, 11) is 0. The van der Waals surface area contributed by atoms with Crippen LogP contribution in [0.5, 0.6) is 0 Å². The lowest BCUT2D eigenvalue weighted by atomic mass is 9.81. The fourth-order valence-corrected chi connectivity index (χ4v) is 2.33. The molecule has 0 aliphatic rings. The van der Waals surface area contributed by atoms with Crippen molar-refractivity contribution >= 4 is 11.6 Å². The van der Waals surface area contributed by atoms with E-state index in [-0.39, 0.29) is 11.2 Å². The molecule has 0 radical (unpaired) electrons. The second-order valence-corrected chi connectivity index (χ2v) is 6.47. The van der Waals surface area contributed by atoms with Crippen molar-refractivity contribution in [2.45, 2.75) is 40.5 Å². The molecule has 1 aromatic carbocycles. The van der Waals surface area contributed by atoms with Gasteiger partial charge in [-0.1, -0.05) is 45.4 Å². The van der Waals surface area contributed by atoms with E-state index in [9.17, 15) is 4.39 Å². The van der Waals surface area contributed by atoms with E-state index in [1.807, 2.05) is 0 Å². The van der Waals surface area contributed by atoms with Crippen LogP contribution in [0.3, 0.4) is 0 Å². The molecule has 0 aliphatic carbocycles. The minimum absolute atomic E-state index is 0.0285. The molecule has 1 N–H and O–H groups in total. The Morgan fingerprint density at radius 3 is 2.58 bits per heavy atom. The van der Waals surface area contributed by atoms with Crippen molar-refractivity contribution in [1.29, 1.82) is 0 Å². The first kappa shape index (κ1) is 16.5. The van der Waals surface area contributed by atoms with Crippen LogP contribution in [0.25, 0.3) is 0 Å². The first-order valence-corrected chi connectivity index (χ1v) is 7.39. The average Bonchev–Trinajstić information content (AvgIpc) is 2.34. The number of nitrogens with one attached hydrogen (secondary N) is 1. The van der Waals surface area contributed by atoms with Crippen LogP contribution in [0.4, 0.5) is 4.39 Å². The van der Waals surface area contributed by atoms with Crippen molar-refractivity contribution in [3.8, 4) is 0 Å². The van der Waals surface area contributed by atoms with Crippen LogP contribution in [0.1, 0.15) is 39.7 Å². The Kier molecular flexibility index (Phi) is 6.28. The molecule has 0 saturated heterocycles. The maximum Gasteiger partial charge on any atom is 0.127 e. The van der Waals surface area contributed by atoms with E-state index in [1.165, 1.54) is 6.07 Å². The van der Waals surface area contributed by atoms with Gasteiger partial charge in [-0.25, -0.2) is 4.39 Å². The molecule has 0 saturated carbocycles. The van der Waals surface area contributed by atoms with Gasteiger partial charge in [0.15, 0.2) is 0 Å². The molecule has 108 valence electrons. The highest BCUT2D eigenvalue weighted by molar-refractivity contribution is 6.31. The van der Waals surface area contributed by atoms with Crippen molar-refractivity contribution in [1.82, 2.24) is 5.32 Å². The Bertz CT molecular complexity index is 385. The van der Waals surface area contributed by atoms with Crippen LogP contribution in [0.2, 0.25) is 5.02 Å². The minimum atomic E-state index is -0.198. The normalized spacial score (nSPS) is 14.7. The number of hydrogen-bond donors (Lipinski definition) is 1. The Hall–Kier alpha value is -0.600. The summed E-state index contributed by atoms with van der Waals surface area (Å²) in [6, 6.07) is 4.90. The fraction of sp³-hybridized carbons (Fsp3) is 0.625. The van der Waals surface area contributed by atoms with Crippen molar-refractivity contribution in [2.75, 3.05) is 13.1 Å². The molecule has 1 nitrogen and oxygen atoms in total. The van der Waals surface area contributed by atoms with E-state index in [1.54, 1.807) is 12.1 Å². The maximum atomic E-state index is 13.9. The van der Waals surface area contributed by atoms with Gasteiger partial charge in [0.2, 0.25) is 0 Å². The molecule has 0 aliphatic heterocycles. The second-order valence-electron chi connectivity index (χ2n) is 6.07. The van der Waals surface area contributed by atoms with Gasteiger partial charge in [0.25, 0.3) is 0 Å². The molecule has 0 aromatic heterocycles. The highest BCUT2D eigenvalue weighted by atomic mass is 35.5. The summed E-state index contributed by atoms with van der Waals surface area (Å²) in [5.74, 6) is 0.425. The van der Waals surface area contributed by atoms with Crippen molar-refractivity contribution in [3.63, 3.8) is 0 Å². The van der Waals surface area contributed by atoms with Crippen LogP contribution in [0, 0.1) is 17.2 Å². The fourth-order valence-electron chi connectivity index (χ4n) is 2.10. The highest BCUT2D eigenvalue weighted by Crippen LogP contribution is 2.30. The smallest absolute Gasteiger partial charge is 0.127 e. The first-order valence-electron chi connectivity index (χ1n) is 7.01. The zero-order valence-corrected chi connectivity index (χ0v) is 13.1. The summed E-state index contributed by atoms with van der Waals surface area (Å²) < 4.78 is 13.9. The summed E-state index contributed by atoms with van der Waals surface area (Å²) in [5, 5.41) is 4.00. The molecule has 0 bridgehead atoms. The average molecular weight is 286 g/mol. The predicted octanol–water partition coefficient (Wildman–Crippen LogP) is 4.68. The lowest BCUT2D eigenvalue weighted by Crippen LogP contribution is -2.35. The van der Waals surface area contributed by atoms with E-state index in [0.717, 1.165) is 19.5 Å². The van der Waals surface area contributed by atoms with Gasteiger partial charge in [-0.05, 0) is 42.9 Å². The quantitative estimate of drug-likeness (QED) is 0.767. The third-order valence-electron chi connectivity index (χ3n) is 3.62. The molecule has 1 atom stereocenters. The van der Waals surface area contributed by atoms with Gasteiger partial charge in [0.05, 0.1) is 0 Å². The topological polar surface area (TPSA) is 12.0 Å². The number of benzene rings is 1.